The zero-order valence-corrected chi connectivity index (χ0v) is 17.1. The Morgan fingerprint density at radius 1 is 1.33 bits per heavy atom. The van der Waals surface area contributed by atoms with E-state index in [0.29, 0.717) is 21.4 Å². The van der Waals surface area contributed by atoms with Gasteiger partial charge in [-0.15, -0.1) is 11.3 Å². The van der Waals surface area contributed by atoms with E-state index < -0.39 is 41.8 Å². The zero-order valence-electron chi connectivity index (χ0n) is 16.3. The largest absolute Gasteiger partial charge is 0.396 e. The predicted molar refractivity (Wildman–Crippen MR) is 107 cm³/mol. The lowest BCUT2D eigenvalue weighted by Crippen LogP contribution is -2.57. The number of alkyl halides is 3. The first-order valence-electron chi connectivity index (χ1n) is 10.1. The number of H-pyrrole nitrogens is 1. The molecule has 2 aromatic heterocycles. The van der Waals surface area contributed by atoms with Crippen molar-refractivity contribution in [2.24, 2.45) is 0 Å². The van der Waals surface area contributed by atoms with Crippen LogP contribution in [0.25, 0.3) is 11.6 Å². The maximum atomic E-state index is 15.3. The number of nitrogens with one attached hydrogen (secondary N) is 1. The Bertz CT molecular complexity index is 1270. The van der Waals surface area contributed by atoms with Crippen molar-refractivity contribution in [1.82, 2.24) is 9.55 Å². The smallest absolute Gasteiger partial charge is 0.329 e. The summed E-state index contributed by atoms with van der Waals surface area (Å²) >= 11 is 1.28. The highest BCUT2D eigenvalue weighted by Crippen LogP contribution is 2.48. The lowest BCUT2D eigenvalue weighted by Gasteiger charge is -2.30. The molecular weight excluding hydrogens is 417 g/mol. The van der Waals surface area contributed by atoms with Gasteiger partial charge >= 0.3 is 5.69 Å². The summed E-state index contributed by atoms with van der Waals surface area (Å²) in [5, 5.41) is 10.2. The van der Waals surface area contributed by atoms with Gasteiger partial charge in [0.15, 0.2) is 0 Å². The molecule has 2 N–H and O–H groups in total. The highest BCUT2D eigenvalue weighted by atomic mass is 32.1. The number of nitrogens with zero attached hydrogens (tertiary/aromatic N) is 1. The van der Waals surface area contributed by atoms with Crippen LogP contribution in [0.2, 0.25) is 0 Å². The van der Waals surface area contributed by atoms with Gasteiger partial charge in [0.1, 0.15) is 6.17 Å². The lowest BCUT2D eigenvalue weighted by molar-refractivity contribution is -0.0555. The van der Waals surface area contributed by atoms with Gasteiger partial charge in [0.25, 0.3) is 11.5 Å². The Morgan fingerprint density at radius 3 is 2.73 bits per heavy atom. The number of hydrogen-bond donors (Lipinski definition) is 2. The van der Waals surface area contributed by atoms with E-state index in [2.05, 4.69) is 4.98 Å². The van der Waals surface area contributed by atoms with Gasteiger partial charge in [-0.3, -0.25) is 14.3 Å². The van der Waals surface area contributed by atoms with Crippen molar-refractivity contribution in [2.45, 2.75) is 62.6 Å². The number of aliphatic hydroxyl groups excluding tert-OH is 1. The molecule has 0 bridgehead atoms. The van der Waals surface area contributed by atoms with E-state index in [4.69, 9.17) is 0 Å². The minimum Gasteiger partial charge on any atom is -0.396 e. The average molecular weight is 438 g/mol. The van der Waals surface area contributed by atoms with E-state index in [1.165, 1.54) is 17.4 Å². The van der Waals surface area contributed by atoms with E-state index in [9.17, 15) is 23.5 Å². The van der Waals surface area contributed by atoms with Gasteiger partial charge in [-0.05, 0) is 49.5 Å². The molecular formula is C21H21F3N2O3S. The van der Waals surface area contributed by atoms with Crippen LogP contribution in [0.4, 0.5) is 13.2 Å². The molecule has 0 radical (unpaired) electrons. The predicted octanol–water partition coefficient (Wildman–Crippen LogP) is 1.68. The Hall–Kier alpha value is -2.13. The summed E-state index contributed by atoms with van der Waals surface area (Å²) < 4.78 is 45.4. The molecule has 30 heavy (non-hydrogen) atoms. The number of aryl methyl sites for hydroxylation is 1. The fraction of sp³-hybridized carbons (Fsp3) is 0.524. The van der Waals surface area contributed by atoms with Crippen LogP contribution in [-0.4, -0.2) is 33.4 Å². The topological polar surface area (TPSA) is 75.1 Å². The molecule has 3 aliphatic carbocycles. The quantitative estimate of drug-likeness (QED) is 0.766. The second-order valence-electron chi connectivity index (χ2n) is 8.42. The number of rotatable bonds is 3. The van der Waals surface area contributed by atoms with Crippen LogP contribution >= 0.6 is 11.3 Å². The van der Waals surface area contributed by atoms with Gasteiger partial charge in [0.2, 0.25) is 0 Å². The minimum atomic E-state index is -3.00. The Balaban J connectivity index is 1.71. The maximum Gasteiger partial charge on any atom is 0.329 e. The molecule has 1 fully saturated rings. The molecule has 3 unspecified atom stereocenters. The third-order valence-electron chi connectivity index (χ3n) is 6.50. The molecule has 9 heteroatoms. The number of aromatic nitrogens is 2. The average Bonchev–Trinajstić information content (AvgIpc) is 3.41. The molecule has 5 rings (SSSR count). The van der Waals surface area contributed by atoms with E-state index >= 15 is 4.39 Å². The molecule has 3 aliphatic rings. The summed E-state index contributed by atoms with van der Waals surface area (Å²) in [4.78, 5) is 28.4. The van der Waals surface area contributed by atoms with Crippen LogP contribution in [0.15, 0.2) is 15.7 Å². The number of halogens is 3. The van der Waals surface area contributed by atoms with Crippen LogP contribution in [-0.2, 0) is 6.42 Å². The molecule has 2 heterocycles. The van der Waals surface area contributed by atoms with Crippen molar-refractivity contribution in [3.8, 4) is 0 Å². The monoisotopic (exact) mass is 438 g/mol. The second kappa shape index (κ2) is 6.68. The molecule has 5 nitrogen and oxygen atoms in total. The van der Waals surface area contributed by atoms with Crippen molar-refractivity contribution < 1.29 is 18.3 Å². The lowest BCUT2D eigenvalue weighted by atomic mass is 9.83. The Kier molecular flexibility index (Phi) is 4.41. The first-order valence-corrected chi connectivity index (χ1v) is 10.9. The Labute approximate surface area is 173 Å². The summed E-state index contributed by atoms with van der Waals surface area (Å²) in [6, 6.07) is 1.57. The van der Waals surface area contributed by atoms with Crippen molar-refractivity contribution in [1.29, 1.82) is 0 Å². The number of aromatic amines is 1. The van der Waals surface area contributed by atoms with Crippen molar-refractivity contribution in [3.05, 3.63) is 52.8 Å². The normalized spacial score (nSPS) is 27.4. The highest BCUT2D eigenvalue weighted by Gasteiger charge is 2.45. The van der Waals surface area contributed by atoms with E-state index in [0.717, 1.165) is 17.7 Å². The van der Waals surface area contributed by atoms with Gasteiger partial charge in [0.05, 0.1) is 29.0 Å². The van der Waals surface area contributed by atoms with Gasteiger partial charge in [-0.1, -0.05) is 0 Å². The van der Waals surface area contributed by atoms with Gasteiger partial charge in [-0.25, -0.2) is 18.0 Å². The van der Waals surface area contributed by atoms with Crippen molar-refractivity contribution in [3.63, 3.8) is 0 Å². The molecule has 0 spiro atoms. The Morgan fingerprint density at radius 2 is 2.07 bits per heavy atom. The molecule has 3 atom stereocenters. The summed E-state index contributed by atoms with van der Waals surface area (Å²) in [7, 11) is 0. The third kappa shape index (κ3) is 2.85. The van der Waals surface area contributed by atoms with Gasteiger partial charge in [-0.2, -0.15) is 0 Å². The number of fused-ring (bicyclic) bond motifs is 2. The first-order chi connectivity index (χ1) is 14.2. The fourth-order valence-electron chi connectivity index (χ4n) is 4.84. The number of hydrogen-bond acceptors (Lipinski definition) is 4. The molecule has 0 aromatic carbocycles. The van der Waals surface area contributed by atoms with Crippen molar-refractivity contribution >= 4 is 23.0 Å². The SMILES string of the molecule is CC1=c2c(c(=O)[nH]c(=O)n2C2CC2)=CC(F)C1c1cc2c(s1)CCC(F)(F)C2CO. The summed E-state index contributed by atoms with van der Waals surface area (Å²) in [5.41, 5.74) is -0.181. The highest BCUT2D eigenvalue weighted by molar-refractivity contribution is 7.12. The van der Waals surface area contributed by atoms with Crippen LogP contribution in [0.1, 0.15) is 59.4 Å². The zero-order chi connectivity index (χ0) is 21.4. The van der Waals surface area contributed by atoms with E-state index in [-0.39, 0.29) is 24.1 Å². The first kappa shape index (κ1) is 19.8. The number of thiophene rings is 1. The van der Waals surface area contributed by atoms with E-state index in [1.807, 2.05) is 0 Å². The number of aliphatic hydroxyl groups is 1. The standard InChI is InChI=1S/C21H21F3N2O3S/c1-9-17(16-7-11-13(8-27)21(23,24)5-4-15(11)30-16)14(22)6-12-18(9)26(10-2-3-10)20(29)25-19(12)28/h6-7,10,13-14,17,27H,2-5,8H2,1H3,(H,25,28,29). The van der Waals surface area contributed by atoms with Gasteiger partial charge < -0.3 is 5.11 Å². The van der Waals surface area contributed by atoms with Crippen LogP contribution in [0.3, 0.4) is 0 Å². The maximum absolute atomic E-state index is 15.3. The van der Waals surface area contributed by atoms with Gasteiger partial charge in [0, 0.05) is 22.2 Å². The molecule has 2 aromatic rings. The van der Waals surface area contributed by atoms with Crippen LogP contribution < -0.4 is 21.8 Å². The summed E-state index contributed by atoms with van der Waals surface area (Å²) in [5.74, 6) is -5.05. The van der Waals surface area contributed by atoms with Crippen molar-refractivity contribution in [2.75, 3.05) is 6.61 Å². The molecule has 1 saturated carbocycles. The summed E-state index contributed by atoms with van der Waals surface area (Å²) in [6.07, 6.45) is 1.19. The third-order valence-corrected chi connectivity index (χ3v) is 7.79. The van der Waals surface area contributed by atoms with E-state index in [1.54, 1.807) is 17.6 Å². The van der Waals surface area contributed by atoms with Crippen LogP contribution in [0.5, 0.6) is 0 Å². The second-order valence-corrected chi connectivity index (χ2v) is 9.59. The summed E-state index contributed by atoms with van der Waals surface area (Å²) in [6.45, 7) is 1.03. The molecule has 0 amide bonds. The van der Waals surface area contributed by atoms with Crippen LogP contribution in [0, 0.1) is 0 Å². The molecule has 0 saturated heterocycles. The molecule has 160 valence electrons. The minimum absolute atomic E-state index is 0.0164. The molecule has 0 aliphatic heterocycles. The fourth-order valence-corrected chi connectivity index (χ4v) is 6.26.